The molecule has 2 aliphatic rings. The van der Waals surface area contributed by atoms with Crippen LogP contribution < -0.4 is 0 Å². The zero-order valence-corrected chi connectivity index (χ0v) is 20.6. The lowest BCUT2D eigenvalue weighted by molar-refractivity contribution is -0.267. The maximum absolute atomic E-state index is 12.8. The number of nitrogens with zero attached hydrogens (tertiary/aromatic N) is 1. The molecule has 0 saturated carbocycles. The topological polar surface area (TPSA) is 147 Å². The van der Waals surface area contributed by atoms with E-state index in [9.17, 15) is 24.3 Å². The first kappa shape index (κ1) is 27.5. The predicted molar refractivity (Wildman–Crippen MR) is 118 cm³/mol. The number of hydrogen-bond acceptors (Lipinski definition) is 11. The fourth-order valence-electron chi connectivity index (χ4n) is 4.20. The monoisotopic (exact) mass is 483 g/mol. The number of ether oxygens (including phenoxy) is 5. The number of ketones is 1. The van der Waals surface area contributed by atoms with Crippen LogP contribution in [0.15, 0.2) is 16.3 Å². The molecule has 0 unspecified atom stereocenters. The number of Topliss-reactive ketones (excluding diaryl/α,β-unsaturated/α-hetero) is 1. The van der Waals surface area contributed by atoms with Gasteiger partial charge in [0, 0.05) is 46.4 Å². The first-order valence-electron chi connectivity index (χ1n) is 10.9. The number of hydrogen-bond donors (Lipinski definition) is 1. The van der Waals surface area contributed by atoms with Crippen LogP contribution in [0.2, 0.25) is 0 Å². The van der Waals surface area contributed by atoms with Crippen molar-refractivity contribution in [3.63, 3.8) is 0 Å². The molecule has 1 fully saturated rings. The van der Waals surface area contributed by atoms with Crippen molar-refractivity contribution >= 4 is 29.4 Å². The molecule has 0 aromatic carbocycles. The molecule has 1 saturated heterocycles. The van der Waals surface area contributed by atoms with E-state index in [1.54, 1.807) is 6.92 Å². The Morgan fingerprint density at radius 3 is 2.12 bits per heavy atom. The minimum absolute atomic E-state index is 0.0819. The second kappa shape index (κ2) is 11.1. The van der Waals surface area contributed by atoms with Gasteiger partial charge in [0.15, 0.2) is 24.3 Å². The molecule has 1 N–H and O–H groups in total. The summed E-state index contributed by atoms with van der Waals surface area (Å²) < 4.78 is 27.2. The van der Waals surface area contributed by atoms with E-state index in [0.717, 1.165) is 0 Å². The Hall–Kier alpha value is -2.79. The van der Waals surface area contributed by atoms with Crippen LogP contribution in [0.4, 0.5) is 0 Å². The summed E-state index contributed by atoms with van der Waals surface area (Å²) in [4.78, 5) is 52.4. The van der Waals surface area contributed by atoms with Crippen molar-refractivity contribution in [1.29, 1.82) is 0 Å². The molecule has 1 heterocycles. The number of aliphatic hydroxyl groups is 1. The van der Waals surface area contributed by atoms with Gasteiger partial charge >= 0.3 is 17.9 Å². The number of esters is 3. The van der Waals surface area contributed by atoms with Gasteiger partial charge in [0.05, 0.1) is 5.57 Å². The number of carbonyl (C=O) groups is 4. The van der Waals surface area contributed by atoms with Gasteiger partial charge in [0.25, 0.3) is 0 Å². The Morgan fingerprint density at radius 1 is 1.03 bits per heavy atom. The lowest BCUT2D eigenvalue weighted by atomic mass is 9.75. The zero-order valence-electron chi connectivity index (χ0n) is 20.6. The summed E-state index contributed by atoms with van der Waals surface area (Å²) in [5, 5.41) is 10.6. The van der Waals surface area contributed by atoms with E-state index in [1.807, 2.05) is 13.8 Å². The van der Waals surface area contributed by atoms with Gasteiger partial charge in [-0.3, -0.25) is 24.2 Å². The van der Waals surface area contributed by atoms with E-state index in [-0.39, 0.29) is 35.9 Å². The second-order valence-corrected chi connectivity index (χ2v) is 9.20. The molecule has 0 amide bonds. The summed E-state index contributed by atoms with van der Waals surface area (Å²) in [6, 6.07) is -1.06. The Morgan fingerprint density at radius 2 is 1.62 bits per heavy atom. The first-order valence-corrected chi connectivity index (χ1v) is 10.9. The van der Waals surface area contributed by atoms with Gasteiger partial charge < -0.3 is 28.8 Å². The molecular formula is C23H33NO10. The van der Waals surface area contributed by atoms with E-state index in [2.05, 4.69) is 4.99 Å². The first-order chi connectivity index (χ1) is 15.8. The molecule has 0 bridgehead atoms. The van der Waals surface area contributed by atoms with Crippen LogP contribution in [0, 0.1) is 5.41 Å². The van der Waals surface area contributed by atoms with E-state index in [1.165, 1.54) is 27.9 Å². The summed E-state index contributed by atoms with van der Waals surface area (Å²) in [6.45, 7) is 8.57. The van der Waals surface area contributed by atoms with E-state index in [0.29, 0.717) is 6.42 Å². The SMILES string of the molecule is CO[C@@H]1O[C@H](COC(C)=O)[C@@H](OC(C)=O)[C@H](OC(C)=O)[C@H]1N=C(C)C1=C(O)CC(C)(C)CC1=O. The molecule has 2 rings (SSSR count). The van der Waals surface area contributed by atoms with Crippen molar-refractivity contribution in [2.45, 2.75) is 85.0 Å². The number of methoxy groups -OCH3 is 1. The molecule has 5 atom stereocenters. The van der Waals surface area contributed by atoms with Crippen LogP contribution in [0.3, 0.4) is 0 Å². The van der Waals surface area contributed by atoms with E-state index in [4.69, 9.17) is 23.7 Å². The normalized spacial score (nSPS) is 29.4. The smallest absolute Gasteiger partial charge is 0.303 e. The van der Waals surface area contributed by atoms with Crippen LogP contribution in [0.5, 0.6) is 0 Å². The number of allylic oxidation sites excluding steroid dienone is 2. The van der Waals surface area contributed by atoms with Crippen LogP contribution >= 0.6 is 0 Å². The molecular weight excluding hydrogens is 450 g/mol. The predicted octanol–water partition coefficient (Wildman–Crippen LogP) is 1.81. The highest BCUT2D eigenvalue weighted by molar-refractivity contribution is 6.22. The molecule has 11 heteroatoms. The van der Waals surface area contributed by atoms with Gasteiger partial charge in [-0.1, -0.05) is 13.8 Å². The van der Waals surface area contributed by atoms with Crippen molar-refractivity contribution in [2.75, 3.05) is 13.7 Å². The maximum Gasteiger partial charge on any atom is 0.303 e. The quantitative estimate of drug-likeness (QED) is 0.323. The molecule has 0 radical (unpaired) electrons. The standard InChI is InChI=1S/C23H33NO10/c1-11(18-15(28)8-23(5,6)9-16(18)29)24-19-21(33-14(4)27)20(32-13(3)26)17(10-31-12(2)25)34-22(19)30-7/h17,19-22,28H,8-10H2,1-7H3/t17-,19-,20-,21-,22-/m1/s1. The highest BCUT2D eigenvalue weighted by Crippen LogP contribution is 2.37. The van der Waals surface area contributed by atoms with Gasteiger partial charge in [-0.2, -0.15) is 0 Å². The fourth-order valence-corrected chi connectivity index (χ4v) is 4.20. The Labute approximate surface area is 198 Å². The molecule has 34 heavy (non-hydrogen) atoms. The molecule has 11 nitrogen and oxygen atoms in total. The molecule has 1 aliphatic carbocycles. The second-order valence-electron chi connectivity index (χ2n) is 9.20. The van der Waals surface area contributed by atoms with Crippen molar-refractivity contribution < 1.29 is 48.0 Å². The third-order valence-electron chi connectivity index (χ3n) is 5.46. The number of carbonyl (C=O) groups excluding carboxylic acids is 4. The Kier molecular flexibility index (Phi) is 8.96. The minimum Gasteiger partial charge on any atom is -0.511 e. The average molecular weight is 484 g/mol. The lowest BCUT2D eigenvalue weighted by Gasteiger charge is -2.43. The van der Waals surface area contributed by atoms with Crippen molar-refractivity contribution in [2.24, 2.45) is 10.4 Å². The average Bonchev–Trinajstić information content (AvgIpc) is 2.67. The molecule has 0 aromatic rings. The van der Waals surface area contributed by atoms with Crippen LogP contribution in [0.25, 0.3) is 0 Å². The van der Waals surface area contributed by atoms with Gasteiger partial charge in [0.2, 0.25) is 0 Å². The van der Waals surface area contributed by atoms with Crippen LogP contribution in [-0.2, 0) is 42.9 Å². The highest BCUT2D eigenvalue weighted by Gasteiger charge is 2.51. The Bertz CT molecular complexity index is 890. The van der Waals surface area contributed by atoms with Crippen molar-refractivity contribution in [3.05, 3.63) is 11.3 Å². The molecule has 0 spiro atoms. The van der Waals surface area contributed by atoms with Gasteiger partial charge in [-0.05, 0) is 12.3 Å². The van der Waals surface area contributed by atoms with Gasteiger partial charge in [-0.15, -0.1) is 0 Å². The molecule has 0 aromatic heterocycles. The van der Waals surface area contributed by atoms with Crippen molar-refractivity contribution in [3.8, 4) is 0 Å². The summed E-state index contributed by atoms with van der Waals surface area (Å²) >= 11 is 0. The van der Waals surface area contributed by atoms with Crippen molar-refractivity contribution in [1.82, 2.24) is 0 Å². The summed E-state index contributed by atoms with van der Waals surface area (Å²) in [7, 11) is 1.34. The number of aliphatic hydroxyl groups excluding tert-OH is 1. The maximum atomic E-state index is 12.8. The Balaban J connectivity index is 2.52. The highest BCUT2D eigenvalue weighted by atomic mass is 16.7. The van der Waals surface area contributed by atoms with Gasteiger partial charge in [0.1, 0.15) is 24.5 Å². The number of rotatable bonds is 7. The third kappa shape index (κ3) is 6.86. The summed E-state index contributed by atoms with van der Waals surface area (Å²) in [5.74, 6) is -2.30. The van der Waals surface area contributed by atoms with E-state index < -0.39 is 54.0 Å². The molecule has 1 aliphatic heterocycles. The van der Waals surface area contributed by atoms with E-state index >= 15 is 0 Å². The fraction of sp³-hybridized carbons (Fsp3) is 0.696. The summed E-state index contributed by atoms with van der Waals surface area (Å²) in [6.07, 6.45) is -3.97. The van der Waals surface area contributed by atoms with Gasteiger partial charge in [-0.25, -0.2) is 0 Å². The largest absolute Gasteiger partial charge is 0.511 e. The van der Waals surface area contributed by atoms with Crippen LogP contribution in [0.1, 0.15) is 54.4 Å². The summed E-state index contributed by atoms with van der Waals surface area (Å²) in [5.41, 5.74) is -0.105. The number of aliphatic imine (C=N–C) groups is 1. The van der Waals surface area contributed by atoms with Crippen LogP contribution in [-0.4, -0.2) is 78.9 Å². The minimum atomic E-state index is -1.19. The molecule has 190 valence electrons. The lowest BCUT2D eigenvalue weighted by Crippen LogP contribution is -2.61. The zero-order chi connectivity index (χ0) is 25.8. The third-order valence-corrected chi connectivity index (χ3v) is 5.46.